The van der Waals surface area contributed by atoms with Gasteiger partial charge < -0.3 is 10.0 Å². The molecule has 98 valence electrons. The molecule has 1 N–H and O–H groups in total. The van der Waals surface area contributed by atoms with Gasteiger partial charge in [-0.3, -0.25) is 9.69 Å². The summed E-state index contributed by atoms with van der Waals surface area (Å²) in [6.45, 7) is 5.95. The minimum Gasteiger partial charge on any atom is -0.480 e. The number of hydrogen-bond acceptors (Lipinski definition) is 4. The molecule has 5 heteroatoms. The van der Waals surface area contributed by atoms with Crippen LogP contribution in [0.1, 0.15) is 20.3 Å². The van der Waals surface area contributed by atoms with Crippen molar-refractivity contribution in [1.82, 2.24) is 9.80 Å². The van der Waals surface area contributed by atoms with Gasteiger partial charge in [-0.1, -0.05) is 0 Å². The van der Waals surface area contributed by atoms with Gasteiger partial charge in [-0.05, 0) is 34.4 Å². The molecule has 0 aliphatic rings. The van der Waals surface area contributed by atoms with Crippen molar-refractivity contribution in [3.8, 4) is 6.07 Å². The van der Waals surface area contributed by atoms with Crippen molar-refractivity contribution in [3.05, 3.63) is 0 Å². The van der Waals surface area contributed by atoms with Crippen LogP contribution in [0.4, 0.5) is 0 Å². The van der Waals surface area contributed by atoms with Crippen LogP contribution >= 0.6 is 0 Å². The van der Waals surface area contributed by atoms with E-state index >= 15 is 0 Å². The number of nitriles is 1. The first-order chi connectivity index (χ1) is 7.76. The van der Waals surface area contributed by atoms with Crippen molar-refractivity contribution >= 4 is 5.97 Å². The lowest BCUT2D eigenvalue weighted by atomic mass is 9.91. The third kappa shape index (κ3) is 8.66. The van der Waals surface area contributed by atoms with Gasteiger partial charge in [0.15, 0.2) is 0 Å². The summed E-state index contributed by atoms with van der Waals surface area (Å²) in [5.74, 6) is -0.821. The van der Waals surface area contributed by atoms with E-state index in [0.717, 1.165) is 6.54 Å². The molecule has 0 aliphatic heterocycles. The topological polar surface area (TPSA) is 67.6 Å². The Bertz CT molecular complexity index is 282. The summed E-state index contributed by atoms with van der Waals surface area (Å²) >= 11 is 0. The molecule has 0 aromatic rings. The van der Waals surface area contributed by atoms with E-state index in [-0.39, 0.29) is 6.54 Å². The van der Waals surface area contributed by atoms with Crippen molar-refractivity contribution in [1.29, 1.82) is 5.26 Å². The molecule has 0 saturated carbocycles. The molecular weight excluding hydrogens is 218 g/mol. The van der Waals surface area contributed by atoms with E-state index in [4.69, 9.17) is 10.4 Å². The summed E-state index contributed by atoms with van der Waals surface area (Å²) < 4.78 is 0. The number of likely N-dealkylation sites (N-methyl/N-ethyl adjacent to an activating group) is 1. The lowest BCUT2D eigenvalue weighted by molar-refractivity contribution is -0.138. The number of hydrogen-bond donors (Lipinski definition) is 1. The highest BCUT2D eigenvalue weighted by Gasteiger charge is 2.19. The van der Waals surface area contributed by atoms with E-state index < -0.39 is 11.4 Å². The fourth-order valence-corrected chi connectivity index (χ4v) is 1.30. The van der Waals surface area contributed by atoms with Gasteiger partial charge in [0.2, 0.25) is 0 Å². The molecule has 0 saturated heterocycles. The molecule has 0 atom stereocenters. The standard InChI is InChI=1S/C12H23N3O2/c1-12(2,10-13)5-6-15(9-11(16)17)8-7-14(3)4/h5-9H2,1-4H3,(H,16,17). The predicted octanol–water partition coefficient (Wildman–Crippen LogP) is 0.874. The van der Waals surface area contributed by atoms with E-state index in [1.807, 2.05) is 37.7 Å². The van der Waals surface area contributed by atoms with Crippen LogP contribution in [0.25, 0.3) is 0 Å². The zero-order valence-corrected chi connectivity index (χ0v) is 11.2. The van der Waals surface area contributed by atoms with Crippen molar-refractivity contribution in [2.24, 2.45) is 5.41 Å². The van der Waals surface area contributed by atoms with Gasteiger partial charge in [0.25, 0.3) is 0 Å². The van der Waals surface area contributed by atoms with Gasteiger partial charge >= 0.3 is 5.97 Å². The fourth-order valence-electron chi connectivity index (χ4n) is 1.30. The first-order valence-electron chi connectivity index (χ1n) is 5.77. The van der Waals surface area contributed by atoms with Crippen LogP contribution in [0, 0.1) is 16.7 Å². The van der Waals surface area contributed by atoms with E-state index in [0.29, 0.717) is 19.5 Å². The second kappa shape index (κ2) is 7.25. The highest BCUT2D eigenvalue weighted by molar-refractivity contribution is 5.69. The first-order valence-corrected chi connectivity index (χ1v) is 5.77. The zero-order valence-electron chi connectivity index (χ0n) is 11.2. The molecule has 0 fully saturated rings. The summed E-state index contributed by atoms with van der Waals surface area (Å²) in [5.41, 5.74) is -0.394. The number of carbonyl (C=O) groups is 1. The molecule has 0 aromatic heterocycles. The van der Waals surface area contributed by atoms with Crippen LogP contribution < -0.4 is 0 Å². The highest BCUT2D eigenvalue weighted by atomic mass is 16.4. The molecule has 0 radical (unpaired) electrons. The van der Waals surface area contributed by atoms with Gasteiger partial charge in [-0.25, -0.2) is 0 Å². The van der Waals surface area contributed by atoms with Crippen LogP contribution in [0.3, 0.4) is 0 Å². The Morgan fingerprint density at radius 3 is 2.29 bits per heavy atom. The van der Waals surface area contributed by atoms with Gasteiger partial charge in [-0.2, -0.15) is 5.26 Å². The third-order valence-electron chi connectivity index (χ3n) is 2.58. The number of nitrogens with zero attached hydrogens (tertiary/aromatic N) is 3. The Labute approximate surface area is 104 Å². The fraction of sp³-hybridized carbons (Fsp3) is 0.833. The van der Waals surface area contributed by atoms with E-state index in [1.165, 1.54) is 0 Å². The second-order valence-corrected chi connectivity index (χ2v) is 5.22. The predicted molar refractivity (Wildman–Crippen MR) is 66.6 cm³/mol. The lowest BCUT2D eigenvalue weighted by Crippen LogP contribution is -2.37. The summed E-state index contributed by atoms with van der Waals surface area (Å²) in [4.78, 5) is 14.6. The van der Waals surface area contributed by atoms with Crippen LogP contribution in [-0.2, 0) is 4.79 Å². The average Bonchev–Trinajstić information content (AvgIpc) is 2.21. The van der Waals surface area contributed by atoms with Gasteiger partial charge in [0.05, 0.1) is 18.0 Å². The maximum Gasteiger partial charge on any atom is 0.317 e. The number of carboxylic acid groups (broad SMARTS) is 1. The van der Waals surface area contributed by atoms with Crippen LogP contribution in [-0.4, -0.2) is 61.2 Å². The quantitative estimate of drug-likeness (QED) is 0.683. The molecule has 0 aromatic carbocycles. The number of carboxylic acids is 1. The van der Waals surface area contributed by atoms with Crippen molar-refractivity contribution < 1.29 is 9.90 Å². The first kappa shape index (κ1) is 15.9. The Kier molecular flexibility index (Phi) is 6.78. The third-order valence-corrected chi connectivity index (χ3v) is 2.58. The normalized spacial score (nSPS) is 11.8. The average molecular weight is 241 g/mol. The van der Waals surface area contributed by atoms with Crippen molar-refractivity contribution in [2.75, 3.05) is 40.3 Å². The maximum absolute atomic E-state index is 10.7. The molecular formula is C12H23N3O2. The Morgan fingerprint density at radius 1 is 1.29 bits per heavy atom. The Balaban J connectivity index is 4.20. The van der Waals surface area contributed by atoms with Gasteiger partial charge in [0, 0.05) is 19.6 Å². The van der Waals surface area contributed by atoms with E-state index in [9.17, 15) is 4.79 Å². The lowest BCUT2D eigenvalue weighted by Gasteiger charge is -2.25. The summed E-state index contributed by atoms with van der Waals surface area (Å²) in [6, 6.07) is 2.23. The molecule has 0 unspecified atom stereocenters. The minimum atomic E-state index is -0.821. The van der Waals surface area contributed by atoms with Gasteiger partial charge in [-0.15, -0.1) is 0 Å². The molecule has 0 rings (SSSR count). The Hall–Kier alpha value is -1.12. The van der Waals surface area contributed by atoms with E-state index in [2.05, 4.69) is 6.07 Å². The maximum atomic E-state index is 10.7. The minimum absolute atomic E-state index is 0.0371. The van der Waals surface area contributed by atoms with E-state index in [1.54, 1.807) is 0 Å². The smallest absolute Gasteiger partial charge is 0.317 e. The summed E-state index contributed by atoms with van der Waals surface area (Å²) in [6.07, 6.45) is 0.685. The summed E-state index contributed by atoms with van der Waals surface area (Å²) in [7, 11) is 3.91. The number of rotatable bonds is 8. The van der Waals surface area contributed by atoms with Gasteiger partial charge in [0.1, 0.15) is 0 Å². The molecule has 5 nitrogen and oxygen atoms in total. The number of aliphatic carboxylic acids is 1. The summed E-state index contributed by atoms with van der Waals surface area (Å²) in [5, 5.41) is 17.7. The van der Waals surface area contributed by atoms with Crippen molar-refractivity contribution in [2.45, 2.75) is 20.3 Å². The monoisotopic (exact) mass is 241 g/mol. The Morgan fingerprint density at radius 2 is 1.88 bits per heavy atom. The highest BCUT2D eigenvalue weighted by Crippen LogP contribution is 2.18. The van der Waals surface area contributed by atoms with Crippen LogP contribution in [0.2, 0.25) is 0 Å². The van der Waals surface area contributed by atoms with Crippen LogP contribution in [0.15, 0.2) is 0 Å². The molecule has 17 heavy (non-hydrogen) atoms. The zero-order chi connectivity index (χ0) is 13.5. The SMILES string of the molecule is CN(C)CCN(CCC(C)(C)C#N)CC(=O)O. The molecule has 0 amide bonds. The molecule has 0 heterocycles. The molecule has 0 aliphatic carbocycles. The van der Waals surface area contributed by atoms with Crippen molar-refractivity contribution in [3.63, 3.8) is 0 Å². The second-order valence-electron chi connectivity index (χ2n) is 5.22. The molecule has 0 spiro atoms. The largest absolute Gasteiger partial charge is 0.480 e. The molecule has 0 bridgehead atoms. The van der Waals surface area contributed by atoms with Crippen LogP contribution in [0.5, 0.6) is 0 Å².